The fourth-order valence-corrected chi connectivity index (χ4v) is 3.11. The highest BCUT2D eigenvalue weighted by Crippen LogP contribution is 2.27. The number of imidazole rings is 1. The first kappa shape index (κ1) is 19.1. The third-order valence-electron chi connectivity index (χ3n) is 4.67. The van der Waals surface area contributed by atoms with E-state index in [0.29, 0.717) is 18.0 Å². The molecule has 2 aromatic heterocycles. The molecule has 0 spiro atoms. The number of halogens is 1. The number of hydrogen-bond acceptors (Lipinski definition) is 2. The van der Waals surface area contributed by atoms with Crippen molar-refractivity contribution in [1.82, 2.24) is 14.7 Å². The zero-order valence-electron chi connectivity index (χ0n) is 16.3. The van der Waals surface area contributed by atoms with Gasteiger partial charge in [-0.25, -0.2) is 9.37 Å². The highest BCUT2D eigenvalue weighted by Gasteiger charge is 2.18. The fourth-order valence-electron chi connectivity index (χ4n) is 3.11. The van der Waals surface area contributed by atoms with Crippen LogP contribution in [-0.4, -0.2) is 21.8 Å². The topological polar surface area (TPSA) is 46.4 Å². The molecule has 142 valence electrons. The minimum absolute atomic E-state index is 0.0287. The lowest BCUT2D eigenvalue weighted by atomic mass is 10.1. The van der Waals surface area contributed by atoms with E-state index in [0.717, 1.165) is 34.6 Å². The summed E-state index contributed by atoms with van der Waals surface area (Å²) in [6.45, 7) is 8.67. The van der Waals surface area contributed by atoms with Crippen molar-refractivity contribution >= 4 is 11.6 Å². The number of nitrogens with one attached hydrogen (secondary N) is 1. The zero-order valence-corrected chi connectivity index (χ0v) is 16.3. The van der Waals surface area contributed by atoms with Gasteiger partial charge in [0.05, 0.1) is 17.8 Å². The number of amides is 1. The Kier molecular flexibility index (Phi) is 5.59. The summed E-state index contributed by atoms with van der Waals surface area (Å²) in [5, 5.41) is 2.99. The van der Waals surface area contributed by atoms with E-state index in [1.54, 1.807) is 19.1 Å². The second-order valence-electron chi connectivity index (χ2n) is 7.51. The van der Waals surface area contributed by atoms with Gasteiger partial charge in [-0.1, -0.05) is 19.9 Å². The second kappa shape index (κ2) is 7.91. The SMILES string of the molecule is Cc1ccc2nc(-c3ccc(F)c(C)c3)c(CC(=O)NCCC(C)C)n2c1. The highest BCUT2D eigenvalue weighted by atomic mass is 19.1. The van der Waals surface area contributed by atoms with E-state index in [2.05, 4.69) is 19.2 Å². The summed E-state index contributed by atoms with van der Waals surface area (Å²) in [5.74, 6) is 0.270. The molecule has 3 rings (SSSR count). The van der Waals surface area contributed by atoms with Crippen molar-refractivity contribution in [3.63, 3.8) is 0 Å². The van der Waals surface area contributed by atoms with Gasteiger partial charge in [0.15, 0.2) is 0 Å². The monoisotopic (exact) mass is 367 g/mol. The highest BCUT2D eigenvalue weighted by molar-refractivity contribution is 5.81. The largest absolute Gasteiger partial charge is 0.356 e. The van der Waals surface area contributed by atoms with Crippen LogP contribution in [0.3, 0.4) is 0 Å². The standard InChI is InChI=1S/C22H26FN3O/c1-14(2)9-10-24-21(27)12-19-22(17-6-7-18(23)16(4)11-17)25-20-8-5-15(3)13-26(19)20/h5-8,11,13-14H,9-10,12H2,1-4H3,(H,24,27). The summed E-state index contributed by atoms with van der Waals surface area (Å²) in [6.07, 6.45) is 3.16. The molecule has 0 radical (unpaired) electrons. The molecule has 0 aliphatic carbocycles. The van der Waals surface area contributed by atoms with Crippen molar-refractivity contribution in [1.29, 1.82) is 0 Å². The molecule has 0 bridgehead atoms. The van der Waals surface area contributed by atoms with E-state index >= 15 is 0 Å². The average Bonchev–Trinajstić information content (AvgIpc) is 2.95. The maximum absolute atomic E-state index is 13.7. The Balaban J connectivity index is 1.99. The minimum Gasteiger partial charge on any atom is -0.356 e. The number of carbonyl (C=O) groups excluding carboxylic acids is 1. The molecular weight excluding hydrogens is 341 g/mol. The van der Waals surface area contributed by atoms with Gasteiger partial charge >= 0.3 is 0 Å². The Morgan fingerprint density at radius 1 is 1.22 bits per heavy atom. The lowest BCUT2D eigenvalue weighted by molar-refractivity contribution is -0.120. The third kappa shape index (κ3) is 4.35. The third-order valence-corrected chi connectivity index (χ3v) is 4.67. The summed E-state index contributed by atoms with van der Waals surface area (Å²) >= 11 is 0. The van der Waals surface area contributed by atoms with Gasteiger partial charge in [-0.15, -0.1) is 0 Å². The molecule has 0 atom stereocenters. The van der Waals surface area contributed by atoms with Crippen molar-refractivity contribution in [3.05, 3.63) is 59.2 Å². The number of aromatic nitrogens is 2. The predicted octanol–water partition coefficient (Wildman–Crippen LogP) is 4.46. The van der Waals surface area contributed by atoms with Gasteiger partial charge < -0.3 is 9.72 Å². The van der Waals surface area contributed by atoms with E-state index < -0.39 is 0 Å². The van der Waals surface area contributed by atoms with E-state index in [1.807, 2.05) is 29.7 Å². The summed E-state index contributed by atoms with van der Waals surface area (Å²) in [7, 11) is 0. The molecule has 1 aromatic carbocycles. The van der Waals surface area contributed by atoms with Gasteiger partial charge in [0.1, 0.15) is 11.5 Å². The van der Waals surface area contributed by atoms with Crippen molar-refractivity contribution in [2.45, 2.75) is 40.5 Å². The summed E-state index contributed by atoms with van der Waals surface area (Å²) in [6, 6.07) is 8.89. The molecule has 27 heavy (non-hydrogen) atoms. The Morgan fingerprint density at radius 3 is 2.70 bits per heavy atom. The molecule has 0 unspecified atom stereocenters. The number of pyridine rings is 1. The van der Waals surface area contributed by atoms with Gasteiger partial charge in [0, 0.05) is 18.3 Å². The predicted molar refractivity (Wildman–Crippen MR) is 106 cm³/mol. The van der Waals surface area contributed by atoms with Gasteiger partial charge in [-0.2, -0.15) is 0 Å². The fraction of sp³-hybridized carbons (Fsp3) is 0.364. The van der Waals surface area contributed by atoms with Crippen LogP contribution in [0.2, 0.25) is 0 Å². The van der Waals surface area contributed by atoms with E-state index in [4.69, 9.17) is 4.98 Å². The molecular formula is C22H26FN3O. The minimum atomic E-state index is -0.244. The van der Waals surface area contributed by atoms with Gasteiger partial charge in [-0.05, 0) is 61.6 Å². The van der Waals surface area contributed by atoms with E-state index in [9.17, 15) is 9.18 Å². The van der Waals surface area contributed by atoms with Crippen LogP contribution < -0.4 is 5.32 Å². The molecule has 2 heterocycles. The first-order valence-corrected chi connectivity index (χ1v) is 9.36. The molecule has 0 saturated carbocycles. The van der Waals surface area contributed by atoms with Gasteiger partial charge in [-0.3, -0.25) is 4.79 Å². The van der Waals surface area contributed by atoms with Gasteiger partial charge in [0.2, 0.25) is 5.91 Å². The molecule has 0 aliphatic heterocycles. The maximum Gasteiger partial charge on any atom is 0.226 e. The molecule has 0 fully saturated rings. The number of fused-ring (bicyclic) bond motifs is 1. The average molecular weight is 367 g/mol. The number of aryl methyl sites for hydroxylation is 2. The molecule has 5 heteroatoms. The summed E-state index contributed by atoms with van der Waals surface area (Å²) in [4.78, 5) is 17.2. The van der Waals surface area contributed by atoms with Crippen LogP contribution >= 0.6 is 0 Å². The first-order valence-electron chi connectivity index (χ1n) is 9.36. The first-order chi connectivity index (χ1) is 12.8. The van der Waals surface area contributed by atoms with Crippen molar-refractivity contribution in [2.75, 3.05) is 6.54 Å². The Hall–Kier alpha value is -2.69. The van der Waals surface area contributed by atoms with Crippen LogP contribution in [0.4, 0.5) is 4.39 Å². The van der Waals surface area contributed by atoms with E-state index in [1.165, 1.54) is 6.07 Å². The summed E-state index contributed by atoms with van der Waals surface area (Å²) < 4.78 is 15.7. The molecule has 1 N–H and O–H groups in total. The van der Waals surface area contributed by atoms with Crippen molar-refractivity contribution < 1.29 is 9.18 Å². The van der Waals surface area contributed by atoms with E-state index in [-0.39, 0.29) is 18.1 Å². The Bertz CT molecular complexity index is 975. The number of carbonyl (C=O) groups is 1. The van der Waals surface area contributed by atoms with Crippen molar-refractivity contribution in [2.24, 2.45) is 5.92 Å². The van der Waals surface area contributed by atoms with Crippen LogP contribution in [-0.2, 0) is 11.2 Å². The lowest BCUT2D eigenvalue weighted by Crippen LogP contribution is -2.27. The smallest absolute Gasteiger partial charge is 0.226 e. The maximum atomic E-state index is 13.7. The van der Waals surface area contributed by atoms with Crippen molar-refractivity contribution in [3.8, 4) is 11.3 Å². The molecule has 0 aliphatic rings. The molecule has 0 saturated heterocycles. The lowest BCUT2D eigenvalue weighted by Gasteiger charge is -2.09. The quantitative estimate of drug-likeness (QED) is 0.699. The molecule has 3 aromatic rings. The van der Waals surface area contributed by atoms with Gasteiger partial charge in [0.25, 0.3) is 0 Å². The Labute approximate surface area is 159 Å². The number of nitrogens with zero attached hydrogens (tertiary/aromatic N) is 2. The van der Waals surface area contributed by atoms with Crippen LogP contribution in [0.5, 0.6) is 0 Å². The molecule has 4 nitrogen and oxygen atoms in total. The summed E-state index contributed by atoms with van der Waals surface area (Å²) in [5.41, 5.74) is 4.79. The van der Waals surface area contributed by atoms with Crippen LogP contribution in [0.15, 0.2) is 36.5 Å². The number of benzene rings is 1. The Morgan fingerprint density at radius 2 is 2.00 bits per heavy atom. The van der Waals surface area contributed by atoms with Crippen LogP contribution in [0, 0.1) is 25.6 Å². The number of rotatable bonds is 6. The molecule has 1 amide bonds. The van der Waals surface area contributed by atoms with Crippen LogP contribution in [0.1, 0.15) is 37.1 Å². The zero-order chi connectivity index (χ0) is 19.6. The number of hydrogen-bond donors (Lipinski definition) is 1. The second-order valence-corrected chi connectivity index (χ2v) is 7.51. The van der Waals surface area contributed by atoms with Crippen LogP contribution in [0.25, 0.3) is 16.9 Å². The normalized spacial score (nSPS) is 11.3.